The average Bonchev–Trinajstić information content (AvgIpc) is 2.21. The van der Waals surface area contributed by atoms with Crippen molar-refractivity contribution >= 4 is 0 Å². The van der Waals surface area contributed by atoms with E-state index in [0.717, 1.165) is 31.5 Å². The number of aliphatic hydroxyl groups is 1. The molecule has 1 aliphatic rings. The van der Waals surface area contributed by atoms with E-state index in [1.165, 1.54) is 25.7 Å². The number of nitrogens with zero attached hydrogens (tertiary/aromatic N) is 1. The molecular formula is C12H25NO. The Morgan fingerprint density at radius 1 is 1.21 bits per heavy atom. The highest BCUT2D eigenvalue weighted by molar-refractivity contribution is 4.77. The summed E-state index contributed by atoms with van der Waals surface area (Å²) in [7, 11) is 0. The average molecular weight is 199 g/mol. The van der Waals surface area contributed by atoms with Crippen molar-refractivity contribution < 1.29 is 5.11 Å². The van der Waals surface area contributed by atoms with E-state index in [0.29, 0.717) is 6.61 Å². The maximum atomic E-state index is 8.82. The molecule has 0 heterocycles. The second kappa shape index (κ2) is 6.41. The van der Waals surface area contributed by atoms with Crippen LogP contribution in [0.15, 0.2) is 0 Å². The summed E-state index contributed by atoms with van der Waals surface area (Å²) >= 11 is 0. The molecule has 0 aromatic rings. The van der Waals surface area contributed by atoms with Gasteiger partial charge in [0.05, 0.1) is 0 Å². The first-order valence-corrected chi connectivity index (χ1v) is 6.12. The second-order valence-electron chi connectivity index (χ2n) is 4.62. The quantitative estimate of drug-likeness (QED) is 0.734. The van der Waals surface area contributed by atoms with Crippen LogP contribution in [-0.2, 0) is 0 Å². The van der Waals surface area contributed by atoms with Gasteiger partial charge < -0.3 is 10.0 Å². The third kappa shape index (κ3) is 3.58. The first-order chi connectivity index (χ1) is 6.77. The van der Waals surface area contributed by atoms with Crippen molar-refractivity contribution in [2.24, 2.45) is 5.92 Å². The van der Waals surface area contributed by atoms with Crippen molar-refractivity contribution in [2.45, 2.75) is 52.0 Å². The van der Waals surface area contributed by atoms with Crippen LogP contribution in [0.5, 0.6) is 0 Å². The Hall–Kier alpha value is -0.0800. The molecule has 0 atom stereocenters. The molecule has 0 bridgehead atoms. The molecule has 1 fully saturated rings. The Labute approximate surface area is 88.3 Å². The molecule has 0 spiro atoms. The normalized spacial score (nSPS) is 28.3. The molecule has 0 radical (unpaired) electrons. The molecule has 1 rings (SSSR count). The highest BCUT2D eigenvalue weighted by atomic mass is 16.3. The van der Waals surface area contributed by atoms with Gasteiger partial charge in [-0.1, -0.05) is 13.8 Å². The van der Waals surface area contributed by atoms with Gasteiger partial charge in [-0.3, -0.25) is 0 Å². The molecule has 84 valence electrons. The highest BCUT2D eigenvalue weighted by Gasteiger charge is 2.22. The summed E-state index contributed by atoms with van der Waals surface area (Å²) in [4.78, 5) is 2.54. The Kier molecular flexibility index (Phi) is 5.49. The van der Waals surface area contributed by atoms with Crippen LogP contribution in [0, 0.1) is 5.92 Å². The zero-order chi connectivity index (χ0) is 10.4. The molecule has 1 saturated carbocycles. The Morgan fingerprint density at radius 2 is 1.86 bits per heavy atom. The molecule has 1 N–H and O–H groups in total. The molecule has 2 heteroatoms. The molecular weight excluding hydrogens is 174 g/mol. The molecule has 14 heavy (non-hydrogen) atoms. The Balaban J connectivity index is 2.29. The van der Waals surface area contributed by atoms with Gasteiger partial charge in [0.25, 0.3) is 0 Å². The minimum atomic E-state index is 0.333. The summed E-state index contributed by atoms with van der Waals surface area (Å²) in [5, 5.41) is 8.82. The summed E-state index contributed by atoms with van der Waals surface area (Å²) in [6, 6.07) is 0.794. The first-order valence-electron chi connectivity index (χ1n) is 6.12. The topological polar surface area (TPSA) is 23.5 Å². The van der Waals surface area contributed by atoms with Crippen LogP contribution in [0.4, 0.5) is 0 Å². The van der Waals surface area contributed by atoms with E-state index in [4.69, 9.17) is 5.11 Å². The lowest BCUT2D eigenvalue weighted by Crippen LogP contribution is -2.38. The second-order valence-corrected chi connectivity index (χ2v) is 4.62. The number of aliphatic hydroxyl groups excluding tert-OH is 1. The van der Waals surface area contributed by atoms with Gasteiger partial charge in [0, 0.05) is 19.2 Å². The number of hydrogen-bond acceptors (Lipinski definition) is 2. The van der Waals surface area contributed by atoms with Crippen LogP contribution < -0.4 is 0 Å². The van der Waals surface area contributed by atoms with E-state index in [1.807, 2.05) is 0 Å². The summed E-state index contributed by atoms with van der Waals surface area (Å²) in [5.41, 5.74) is 0. The lowest BCUT2D eigenvalue weighted by atomic mass is 9.86. The van der Waals surface area contributed by atoms with Gasteiger partial charge in [-0.05, 0) is 44.6 Å². The molecule has 0 aromatic heterocycles. The van der Waals surface area contributed by atoms with Gasteiger partial charge in [0.1, 0.15) is 0 Å². The van der Waals surface area contributed by atoms with Crippen LogP contribution >= 0.6 is 0 Å². The summed E-state index contributed by atoms with van der Waals surface area (Å²) < 4.78 is 0. The van der Waals surface area contributed by atoms with Crippen molar-refractivity contribution in [3.63, 3.8) is 0 Å². The van der Waals surface area contributed by atoms with Crippen LogP contribution in [0.2, 0.25) is 0 Å². The fraction of sp³-hybridized carbons (Fsp3) is 1.00. The largest absolute Gasteiger partial charge is 0.396 e. The van der Waals surface area contributed by atoms with Crippen LogP contribution in [0.1, 0.15) is 46.0 Å². The van der Waals surface area contributed by atoms with E-state index in [-0.39, 0.29) is 0 Å². The third-order valence-corrected chi connectivity index (χ3v) is 3.51. The van der Waals surface area contributed by atoms with Crippen molar-refractivity contribution in [1.29, 1.82) is 0 Å². The molecule has 2 nitrogen and oxygen atoms in total. The SMILES string of the molecule is CCN(CCCO)C1CCC(C)CC1. The smallest absolute Gasteiger partial charge is 0.0443 e. The van der Waals surface area contributed by atoms with Crippen molar-refractivity contribution in [1.82, 2.24) is 4.90 Å². The van der Waals surface area contributed by atoms with E-state index < -0.39 is 0 Å². The van der Waals surface area contributed by atoms with Crippen LogP contribution in [0.25, 0.3) is 0 Å². The summed E-state index contributed by atoms with van der Waals surface area (Å²) in [6.45, 7) is 7.14. The van der Waals surface area contributed by atoms with E-state index >= 15 is 0 Å². The van der Waals surface area contributed by atoms with Gasteiger partial charge in [-0.2, -0.15) is 0 Å². The van der Waals surface area contributed by atoms with Crippen LogP contribution in [-0.4, -0.2) is 35.7 Å². The molecule has 0 saturated heterocycles. The van der Waals surface area contributed by atoms with E-state index in [9.17, 15) is 0 Å². The fourth-order valence-corrected chi connectivity index (χ4v) is 2.48. The van der Waals surface area contributed by atoms with Crippen molar-refractivity contribution in [3.8, 4) is 0 Å². The van der Waals surface area contributed by atoms with Gasteiger partial charge in [-0.25, -0.2) is 0 Å². The van der Waals surface area contributed by atoms with Gasteiger partial charge in [0.15, 0.2) is 0 Å². The minimum absolute atomic E-state index is 0.333. The molecule has 0 aliphatic heterocycles. The minimum Gasteiger partial charge on any atom is -0.396 e. The summed E-state index contributed by atoms with van der Waals surface area (Å²) in [5.74, 6) is 0.933. The van der Waals surface area contributed by atoms with Crippen molar-refractivity contribution in [3.05, 3.63) is 0 Å². The summed E-state index contributed by atoms with van der Waals surface area (Å²) in [6.07, 6.45) is 6.43. The maximum absolute atomic E-state index is 8.82. The number of hydrogen-bond donors (Lipinski definition) is 1. The first kappa shape index (κ1) is 12.0. The van der Waals surface area contributed by atoms with Gasteiger partial charge in [-0.15, -0.1) is 0 Å². The zero-order valence-electron chi connectivity index (χ0n) is 9.71. The number of rotatable bonds is 5. The Morgan fingerprint density at radius 3 is 2.36 bits per heavy atom. The zero-order valence-corrected chi connectivity index (χ0v) is 9.71. The van der Waals surface area contributed by atoms with Gasteiger partial charge >= 0.3 is 0 Å². The van der Waals surface area contributed by atoms with Gasteiger partial charge in [0.2, 0.25) is 0 Å². The van der Waals surface area contributed by atoms with E-state index in [1.54, 1.807) is 0 Å². The van der Waals surface area contributed by atoms with E-state index in [2.05, 4.69) is 18.7 Å². The monoisotopic (exact) mass is 199 g/mol. The molecule has 1 aliphatic carbocycles. The lowest BCUT2D eigenvalue weighted by Gasteiger charge is -2.35. The highest BCUT2D eigenvalue weighted by Crippen LogP contribution is 2.26. The predicted molar refractivity (Wildman–Crippen MR) is 60.4 cm³/mol. The Bertz CT molecular complexity index is 139. The maximum Gasteiger partial charge on any atom is 0.0443 e. The standard InChI is InChI=1S/C12H25NO/c1-3-13(9-4-10-14)12-7-5-11(2)6-8-12/h11-12,14H,3-10H2,1-2H3. The molecule has 0 aromatic carbocycles. The predicted octanol–water partition coefficient (Wildman–Crippen LogP) is 2.27. The molecule has 0 amide bonds. The lowest BCUT2D eigenvalue weighted by molar-refractivity contribution is 0.134. The fourth-order valence-electron chi connectivity index (χ4n) is 2.48. The van der Waals surface area contributed by atoms with Crippen LogP contribution in [0.3, 0.4) is 0 Å². The molecule has 0 unspecified atom stereocenters. The third-order valence-electron chi connectivity index (χ3n) is 3.51. The van der Waals surface area contributed by atoms with Crippen molar-refractivity contribution in [2.75, 3.05) is 19.7 Å².